The first-order chi connectivity index (χ1) is 9.79. The first kappa shape index (κ1) is 15.4. The molecule has 2 aromatic rings. The fraction of sp³-hybridized carbons (Fsp3) is 0.0833. The second kappa shape index (κ2) is 5.78. The highest BCUT2D eigenvalue weighted by Crippen LogP contribution is 2.28. The molecule has 0 fully saturated rings. The van der Waals surface area contributed by atoms with E-state index in [1.807, 2.05) is 0 Å². The van der Waals surface area contributed by atoms with Crippen LogP contribution >= 0.6 is 11.3 Å². The van der Waals surface area contributed by atoms with Crippen LogP contribution in [0, 0.1) is 11.6 Å². The van der Waals surface area contributed by atoms with E-state index in [2.05, 4.69) is 10.0 Å². The van der Waals surface area contributed by atoms with Gasteiger partial charge in [-0.05, 0) is 11.4 Å². The van der Waals surface area contributed by atoms with Gasteiger partial charge in [-0.15, -0.1) is 11.3 Å². The van der Waals surface area contributed by atoms with Crippen LogP contribution in [-0.2, 0) is 14.8 Å². The summed E-state index contributed by atoms with van der Waals surface area (Å²) in [7, 11) is -3.93. The molecule has 1 aromatic heterocycles. The SMILES string of the molecule is CC(=O)Nc1cc(F)c(F)cc1NS(=O)(=O)c1cccs1. The highest BCUT2D eigenvalue weighted by molar-refractivity contribution is 7.94. The molecule has 1 heterocycles. The Morgan fingerprint density at radius 3 is 2.33 bits per heavy atom. The lowest BCUT2D eigenvalue weighted by molar-refractivity contribution is -0.114. The number of carbonyl (C=O) groups is 1. The van der Waals surface area contributed by atoms with Gasteiger partial charge in [0.25, 0.3) is 10.0 Å². The lowest BCUT2D eigenvalue weighted by atomic mass is 10.2. The second-order valence-electron chi connectivity index (χ2n) is 4.03. The second-order valence-corrected chi connectivity index (χ2v) is 6.89. The third-order valence-electron chi connectivity index (χ3n) is 2.38. The number of hydrogen-bond donors (Lipinski definition) is 2. The average molecular weight is 332 g/mol. The van der Waals surface area contributed by atoms with Gasteiger partial charge < -0.3 is 5.32 Å². The van der Waals surface area contributed by atoms with Crippen molar-refractivity contribution in [2.75, 3.05) is 10.0 Å². The predicted molar refractivity (Wildman–Crippen MR) is 75.8 cm³/mol. The zero-order valence-electron chi connectivity index (χ0n) is 10.7. The summed E-state index contributed by atoms with van der Waals surface area (Å²) in [5.74, 6) is -2.97. The summed E-state index contributed by atoms with van der Waals surface area (Å²) in [6, 6.07) is 4.29. The van der Waals surface area contributed by atoms with Crippen molar-refractivity contribution in [2.45, 2.75) is 11.1 Å². The lowest BCUT2D eigenvalue weighted by Crippen LogP contribution is -2.15. The van der Waals surface area contributed by atoms with Crippen LogP contribution in [0.3, 0.4) is 0 Å². The lowest BCUT2D eigenvalue weighted by Gasteiger charge is -2.12. The maximum Gasteiger partial charge on any atom is 0.271 e. The van der Waals surface area contributed by atoms with E-state index in [0.29, 0.717) is 12.1 Å². The van der Waals surface area contributed by atoms with Gasteiger partial charge in [0, 0.05) is 19.1 Å². The summed E-state index contributed by atoms with van der Waals surface area (Å²) >= 11 is 0.971. The van der Waals surface area contributed by atoms with Gasteiger partial charge in [-0.1, -0.05) is 6.07 Å². The van der Waals surface area contributed by atoms with E-state index in [4.69, 9.17) is 0 Å². The molecule has 2 N–H and O–H groups in total. The Morgan fingerprint density at radius 2 is 1.81 bits per heavy atom. The fourth-order valence-electron chi connectivity index (χ4n) is 1.54. The van der Waals surface area contributed by atoms with E-state index in [0.717, 1.165) is 11.3 Å². The number of hydrogen-bond acceptors (Lipinski definition) is 4. The van der Waals surface area contributed by atoms with Crippen LogP contribution in [0.25, 0.3) is 0 Å². The highest BCUT2D eigenvalue weighted by Gasteiger charge is 2.19. The van der Waals surface area contributed by atoms with E-state index >= 15 is 0 Å². The zero-order valence-corrected chi connectivity index (χ0v) is 12.3. The number of amides is 1. The summed E-state index contributed by atoms with van der Waals surface area (Å²) in [6.45, 7) is 1.17. The average Bonchev–Trinajstić information content (AvgIpc) is 2.89. The highest BCUT2D eigenvalue weighted by atomic mass is 32.2. The maximum atomic E-state index is 13.3. The molecule has 0 saturated carbocycles. The minimum atomic E-state index is -3.93. The summed E-state index contributed by atoms with van der Waals surface area (Å²) in [5.41, 5.74) is -0.418. The zero-order chi connectivity index (χ0) is 15.6. The van der Waals surface area contributed by atoms with Gasteiger partial charge in [0.1, 0.15) is 4.21 Å². The van der Waals surface area contributed by atoms with Crippen molar-refractivity contribution >= 4 is 38.6 Å². The number of thiophene rings is 1. The predicted octanol–water partition coefficient (Wildman–Crippen LogP) is 2.79. The van der Waals surface area contributed by atoms with E-state index in [-0.39, 0.29) is 15.6 Å². The third kappa shape index (κ3) is 3.56. The monoisotopic (exact) mass is 332 g/mol. The summed E-state index contributed by atoms with van der Waals surface area (Å²) in [6.07, 6.45) is 0. The van der Waals surface area contributed by atoms with Crippen molar-refractivity contribution in [3.63, 3.8) is 0 Å². The number of sulfonamides is 1. The van der Waals surface area contributed by atoms with Crippen molar-refractivity contribution < 1.29 is 22.0 Å². The summed E-state index contributed by atoms with van der Waals surface area (Å²) in [5, 5.41) is 3.80. The molecular weight excluding hydrogens is 322 g/mol. The van der Waals surface area contributed by atoms with Crippen molar-refractivity contribution in [1.82, 2.24) is 0 Å². The molecule has 0 spiro atoms. The van der Waals surface area contributed by atoms with Gasteiger partial charge >= 0.3 is 0 Å². The van der Waals surface area contributed by atoms with Crippen LogP contribution < -0.4 is 10.0 Å². The summed E-state index contributed by atoms with van der Waals surface area (Å²) < 4.78 is 52.8. The van der Waals surface area contributed by atoms with Crippen LogP contribution in [0.5, 0.6) is 0 Å². The van der Waals surface area contributed by atoms with Crippen LogP contribution in [0.4, 0.5) is 20.2 Å². The Labute approximate surface area is 123 Å². The molecule has 21 heavy (non-hydrogen) atoms. The number of rotatable bonds is 4. The van der Waals surface area contributed by atoms with Crippen molar-refractivity contribution in [3.05, 3.63) is 41.3 Å². The largest absolute Gasteiger partial charge is 0.324 e. The molecule has 0 aliphatic heterocycles. The normalized spacial score (nSPS) is 11.2. The van der Waals surface area contributed by atoms with Gasteiger partial charge in [-0.3, -0.25) is 9.52 Å². The van der Waals surface area contributed by atoms with Crippen molar-refractivity contribution in [3.8, 4) is 0 Å². The van der Waals surface area contributed by atoms with Crippen molar-refractivity contribution in [1.29, 1.82) is 0 Å². The topological polar surface area (TPSA) is 75.3 Å². The molecule has 112 valence electrons. The Hall–Kier alpha value is -2.00. The van der Waals surface area contributed by atoms with E-state index in [9.17, 15) is 22.0 Å². The molecular formula is C12H10F2N2O3S2. The van der Waals surface area contributed by atoms with Crippen LogP contribution in [0.15, 0.2) is 33.9 Å². The Bertz CT molecular complexity index is 774. The molecule has 0 unspecified atom stereocenters. The van der Waals surface area contributed by atoms with Gasteiger partial charge in [-0.25, -0.2) is 17.2 Å². The number of benzene rings is 1. The summed E-state index contributed by atoms with van der Waals surface area (Å²) in [4.78, 5) is 11.1. The fourth-order valence-corrected chi connectivity index (χ4v) is 3.60. The Balaban J connectivity index is 2.43. The quantitative estimate of drug-likeness (QED) is 0.904. The molecule has 2 rings (SSSR count). The molecule has 0 radical (unpaired) electrons. The number of carbonyl (C=O) groups excluding carboxylic acids is 1. The molecule has 0 atom stereocenters. The minimum absolute atomic E-state index is 0.0148. The molecule has 0 bridgehead atoms. The first-order valence-corrected chi connectivity index (χ1v) is 7.99. The molecule has 1 amide bonds. The van der Waals surface area contributed by atoms with Crippen LogP contribution in [0.2, 0.25) is 0 Å². The maximum absolute atomic E-state index is 13.3. The molecule has 5 nitrogen and oxygen atoms in total. The van der Waals surface area contributed by atoms with Gasteiger partial charge in [0.15, 0.2) is 11.6 Å². The first-order valence-electron chi connectivity index (χ1n) is 5.62. The molecule has 0 aliphatic rings. The van der Waals surface area contributed by atoms with Gasteiger partial charge in [0.05, 0.1) is 11.4 Å². The van der Waals surface area contributed by atoms with E-state index in [1.54, 1.807) is 11.4 Å². The number of nitrogens with one attached hydrogen (secondary N) is 2. The molecule has 1 aromatic carbocycles. The third-order valence-corrected chi connectivity index (χ3v) is 5.14. The van der Waals surface area contributed by atoms with Crippen LogP contribution in [0.1, 0.15) is 6.92 Å². The standard InChI is InChI=1S/C12H10F2N2O3S2/c1-7(17)15-10-5-8(13)9(14)6-11(10)16-21(18,19)12-3-2-4-20-12/h2-6,16H,1H3,(H,15,17). The molecule has 0 aliphatic carbocycles. The number of anilines is 2. The Kier molecular flexibility index (Phi) is 4.24. The minimum Gasteiger partial charge on any atom is -0.324 e. The van der Waals surface area contributed by atoms with E-state index < -0.39 is 27.6 Å². The van der Waals surface area contributed by atoms with Gasteiger partial charge in [-0.2, -0.15) is 0 Å². The molecule has 9 heteroatoms. The smallest absolute Gasteiger partial charge is 0.271 e. The van der Waals surface area contributed by atoms with Gasteiger partial charge in [0.2, 0.25) is 5.91 Å². The number of halogens is 2. The molecule has 0 saturated heterocycles. The van der Waals surface area contributed by atoms with E-state index in [1.165, 1.54) is 13.0 Å². The van der Waals surface area contributed by atoms with Crippen molar-refractivity contribution in [2.24, 2.45) is 0 Å². The van der Waals surface area contributed by atoms with Crippen LogP contribution in [-0.4, -0.2) is 14.3 Å². The Morgan fingerprint density at radius 1 is 1.19 bits per heavy atom.